The standard InChI is InChI=1S/C18H23NO2/c20-10-14(8-11-4-2-1-3-5-11)19-18(21)17-15-12-6-7-13(9-12)16(15)17/h1-5,12-17,20H,6-10H2,(H,19,21)/t12?,13?,14-,15?,16?,17?/m0/s1. The second-order valence-corrected chi connectivity index (χ2v) is 7.09. The lowest BCUT2D eigenvalue weighted by atomic mass is 10.0. The van der Waals surface area contributed by atoms with E-state index in [4.69, 9.17) is 0 Å². The summed E-state index contributed by atoms with van der Waals surface area (Å²) in [7, 11) is 0. The van der Waals surface area contributed by atoms with Crippen molar-refractivity contribution in [1.82, 2.24) is 5.32 Å². The Labute approximate surface area is 125 Å². The van der Waals surface area contributed by atoms with Gasteiger partial charge in [0.1, 0.15) is 0 Å². The van der Waals surface area contributed by atoms with Crippen LogP contribution in [0, 0.1) is 29.6 Å². The van der Waals surface area contributed by atoms with E-state index in [0.717, 1.165) is 17.4 Å². The fourth-order valence-electron chi connectivity index (χ4n) is 5.03. The highest BCUT2D eigenvalue weighted by Gasteiger charge is 2.67. The molecule has 4 rings (SSSR count). The Hall–Kier alpha value is -1.35. The lowest BCUT2D eigenvalue weighted by Gasteiger charge is -2.18. The van der Waals surface area contributed by atoms with Crippen LogP contribution in [0.1, 0.15) is 24.8 Å². The topological polar surface area (TPSA) is 49.3 Å². The maximum atomic E-state index is 12.5. The molecule has 2 N–H and O–H groups in total. The van der Waals surface area contributed by atoms with Gasteiger partial charge in [0.05, 0.1) is 12.6 Å². The molecule has 1 amide bonds. The van der Waals surface area contributed by atoms with E-state index in [-0.39, 0.29) is 24.5 Å². The van der Waals surface area contributed by atoms with Crippen LogP contribution in [0.15, 0.2) is 30.3 Å². The zero-order valence-corrected chi connectivity index (χ0v) is 12.2. The van der Waals surface area contributed by atoms with Crippen molar-refractivity contribution in [3.8, 4) is 0 Å². The largest absolute Gasteiger partial charge is 0.394 e. The van der Waals surface area contributed by atoms with Gasteiger partial charge in [-0.15, -0.1) is 0 Å². The molecule has 4 unspecified atom stereocenters. The highest BCUT2D eigenvalue weighted by atomic mass is 16.3. The zero-order valence-electron chi connectivity index (χ0n) is 12.2. The Morgan fingerprint density at radius 1 is 1.19 bits per heavy atom. The summed E-state index contributed by atoms with van der Waals surface area (Å²) in [6.07, 6.45) is 4.75. The summed E-state index contributed by atoms with van der Waals surface area (Å²) in [5, 5.41) is 12.6. The number of aliphatic hydroxyl groups excluding tert-OH is 1. The van der Waals surface area contributed by atoms with E-state index < -0.39 is 0 Å². The molecule has 3 nitrogen and oxygen atoms in total. The van der Waals surface area contributed by atoms with Crippen molar-refractivity contribution in [2.45, 2.75) is 31.7 Å². The van der Waals surface area contributed by atoms with Gasteiger partial charge in [-0.05, 0) is 54.9 Å². The second-order valence-electron chi connectivity index (χ2n) is 7.09. The minimum atomic E-state index is -0.154. The van der Waals surface area contributed by atoms with Crippen LogP contribution in [-0.2, 0) is 11.2 Å². The molecule has 2 bridgehead atoms. The molecular weight excluding hydrogens is 262 g/mol. The second kappa shape index (κ2) is 5.13. The molecule has 3 saturated carbocycles. The molecule has 5 atom stereocenters. The Bertz CT molecular complexity index is 513. The lowest BCUT2D eigenvalue weighted by molar-refractivity contribution is -0.124. The van der Waals surface area contributed by atoms with Crippen molar-refractivity contribution in [1.29, 1.82) is 0 Å². The number of nitrogens with one attached hydrogen (secondary N) is 1. The average molecular weight is 285 g/mol. The van der Waals surface area contributed by atoms with E-state index in [9.17, 15) is 9.90 Å². The monoisotopic (exact) mass is 285 g/mol. The Balaban J connectivity index is 1.36. The van der Waals surface area contributed by atoms with E-state index in [1.54, 1.807) is 0 Å². The molecule has 0 heterocycles. The Morgan fingerprint density at radius 3 is 2.48 bits per heavy atom. The van der Waals surface area contributed by atoms with Crippen LogP contribution in [0.2, 0.25) is 0 Å². The van der Waals surface area contributed by atoms with Gasteiger partial charge in [0.2, 0.25) is 5.91 Å². The van der Waals surface area contributed by atoms with Crippen LogP contribution < -0.4 is 5.32 Å². The maximum absolute atomic E-state index is 12.5. The van der Waals surface area contributed by atoms with Crippen molar-refractivity contribution >= 4 is 5.91 Å². The lowest BCUT2D eigenvalue weighted by Crippen LogP contribution is -2.40. The van der Waals surface area contributed by atoms with Gasteiger partial charge in [-0.3, -0.25) is 4.79 Å². The van der Waals surface area contributed by atoms with Crippen molar-refractivity contribution in [2.24, 2.45) is 29.6 Å². The summed E-state index contributed by atoms with van der Waals surface area (Å²) >= 11 is 0. The van der Waals surface area contributed by atoms with Crippen LogP contribution in [0.25, 0.3) is 0 Å². The van der Waals surface area contributed by atoms with Gasteiger partial charge in [0.25, 0.3) is 0 Å². The molecule has 1 aromatic carbocycles. The van der Waals surface area contributed by atoms with Gasteiger partial charge in [-0.1, -0.05) is 30.3 Å². The number of benzene rings is 1. The molecule has 0 spiro atoms. The van der Waals surface area contributed by atoms with E-state index in [0.29, 0.717) is 18.3 Å². The first-order valence-corrected chi connectivity index (χ1v) is 8.23. The first-order chi connectivity index (χ1) is 10.3. The van der Waals surface area contributed by atoms with Crippen molar-refractivity contribution in [2.75, 3.05) is 6.61 Å². The van der Waals surface area contributed by atoms with E-state index in [1.807, 2.05) is 30.3 Å². The third-order valence-electron chi connectivity index (χ3n) is 5.93. The molecule has 3 aliphatic carbocycles. The van der Waals surface area contributed by atoms with Crippen molar-refractivity contribution < 1.29 is 9.90 Å². The maximum Gasteiger partial charge on any atom is 0.224 e. The summed E-state index contributed by atoms with van der Waals surface area (Å²) < 4.78 is 0. The fourth-order valence-corrected chi connectivity index (χ4v) is 5.03. The smallest absolute Gasteiger partial charge is 0.224 e. The molecule has 0 radical (unpaired) electrons. The summed E-state index contributed by atoms with van der Waals surface area (Å²) in [4.78, 5) is 12.5. The quantitative estimate of drug-likeness (QED) is 0.869. The normalized spacial score (nSPS) is 37.1. The first kappa shape index (κ1) is 13.3. The van der Waals surface area contributed by atoms with Gasteiger partial charge in [-0.25, -0.2) is 0 Å². The van der Waals surface area contributed by atoms with Gasteiger partial charge in [0.15, 0.2) is 0 Å². The summed E-state index contributed by atoms with van der Waals surface area (Å²) in [5.74, 6) is 3.41. The molecule has 0 aromatic heterocycles. The van der Waals surface area contributed by atoms with Gasteiger partial charge in [0, 0.05) is 5.92 Å². The number of carbonyl (C=O) groups excluding carboxylic acids is 1. The molecule has 0 saturated heterocycles. The highest BCUT2D eigenvalue weighted by Crippen LogP contribution is 2.69. The summed E-state index contributed by atoms with van der Waals surface area (Å²) in [6.45, 7) is 0.00947. The summed E-state index contributed by atoms with van der Waals surface area (Å²) in [5.41, 5.74) is 1.16. The van der Waals surface area contributed by atoms with Crippen LogP contribution >= 0.6 is 0 Å². The number of aliphatic hydroxyl groups is 1. The zero-order chi connectivity index (χ0) is 14.4. The minimum Gasteiger partial charge on any atom is -0.394 e. The van der Waals surface area contributed by atoms with Crippen molar-refractivity contribution in [3.05, 3.63) is 35.9 Å². The molecule has 3 aliphatic rings. The number of fused-ring (bicyclic) bond motifs is 5. The third-order valence-corrected chi connectivity index (χ3v) is 5.93. The number of carbonyl (C=O) groups is 1. The average Bonchev–Trinajstić information content (AvgIpc) is 2.96. The van der Waals surface area contributed by atoms with Gasteiger partial charge < -0.3 is 10.4 Å². The van der Waals surface area contributed by atoms with Crippen LogP contribution in [0.3, 0.4) is 0 Å². The fraction of sp³-hybridized carbons (Fsp3) is 0.611. The van der Waals surface area contributed by atoms with Crippen LogP contribution in [-0.4, -0.2) is 23.7 Å². The summed E-state index contributed by atoms with van der Waals surface area (Å²) in [6, 6.07) is 9.90. The van der Waals surface area contributed by atoms with Gasteiger partial charge >= 0.3 is 0 Å². The molecule has 21 heavy (non-hydrogen) atoms. The highest BCUT2D eigenvalue weighted by molar-refractivity contribution is 5.83. The van der Waals surface area contributed by atoms with Crippen molar-refractivity contribution in [3.63, 3.8) is 0 Å². The number of rotatable bonds is 5. The molecule has 112 valence electrons. The van der Waals surface area contributed by atoms with Crippen LogP contribution in [0.4, 0.5) is 0 Å². The van der Waals surface area contributed by atoms with Crippen LogP contribution in [0.5, 0.6) is 0 Å². The third kappa shape index (κ3) is 2.28. The van der Waals surface area contributed by atoms with E-state index >= 15 is 0 Å². The minimum absolute atomic E-state index is 0.00947. The van der Waals surface area contributed by atoms with E-state index in [1.165, 1.54) is 19.3 Å². The number of hydrogen-bond acceptors (Lipinski definition) is 2. The molecule has 3 heteroatoms. The SMILES string of the molecule is O=C(N[C@H](CO)Cc1ccccc1)C1C2C3CCC(C3)C12. The number of hydrogen-bond donors (Lipinski definition) is 2. The molecular formula is C18H23NO2. The Morgan fingerprint density at radius 2 is 1.86 bits per heavy atom. The first-order valence-electron chi connectivity index (χ1n) is 8.23. The molecule has 0 aliphatic heterocycles. The predicted octanol–water partition coefficient (Wildman–Crippen LogP) is 2.00. The van der Waals surface area contributed by atoms with E-state index in [2.05, 4.69) is 5.32 Å². The number of amides is 1. The molecule has 3 fully saturated rings. The predicted molar refractivity (Wildman–Crippen MR) is 80.5 cm³/mol. The van der Waals surface area contributed by atoms with Gasteiger partial charge in [-0.2, -0.15) is 0 Å². The molecule has 1 aromatic rings. The Kier molecular flexibility index (Phi) is 3.26.